The van der Waals surface area contributed by atoms with Crippen molar-refractivity contribution in [1.82, 2.24) is 18.6 Å². The first-order valence-corrected chi connectivity index (χ1v) is 7.20. The maximum Gasteiger partial charge on any atom is 0.282 e. The molecule has 0 aromatic carbocycles. The fraction of sp³-hybridized carbons (Fsp3) is 0.700. The molecule has 1 N–H and O–H groups in total. The third kappa shape index (κ3) is 2.85. The number of aromatic nitrogens is 2. The minimum Gasteiger partial charge on any atom is -0.347 e. The first kappa shape index (κ1) is 12.5. The number of nitrogens with zero attached hydrogens (tertiary/aromatic N) is 3. The Hall–Kier alpha value is -0.920. The monoisotopic (exact) mass is 258 g/mol. The van der Waals surface area contributed by atoms with Crippen LogP contribution in [0.4, 0.5) is 0 Å². The molecule has 7 heteroatoms. The lowest BCUT2D eigenvalue weighted by Gasteiger charge is -2.29. The zero-order valence-corrected chi connectivity index (χ0v) is 10.8. The molecule has 0 aliphatic carbocycles. The Labute approximate surface area is 102 Å². The Morgan fingerprint density at radius 1 is 1.41 bits per heavy atom. The third-order valence-electron chi connectivity index (χ3n) is 2.96. The third-order valence-corrected chi connectivity index (χ3v) is 4.90. The summed E-state index contributed by atoms with van der Waals surface area (Å²) in [6, 6.07) is 0. The van der Waals surface area contributed by atoms with Crippen LogP contribution in [0.1, 0.15) is 25.1 Å². The van der Waals surface area contributed by atoms with Crippen LogP contribution in [-0.4, -0.2) is 47.1 Å². The predicted molar refractivity (Wildman–Crippen MR) is 64.4 cm³/mol. The van der Waals surface area contributed by atoms with E-state index >= 15 is 0 Å². The van der Waals surface area contributed by atoms with Crippen LogP contribution in [-0.2, 0) is 16.8 Å². The van der Waals surface area contributed by atoms with Gasteiger partial charge >= 0.3 is 0 Å². The summed E-state index contributed by atoms with van der Waals surface area (Å²) in [7, 11) is -1.74. The van der Waals surface area contributed by atoms with Gasteiger partial charge in [-0.15, -0.1) is 0 Å². The highest BCUT2D eigenvalue weighted by Gasteiger charge is 2.28. The molecule has 1 saturated heterocycles. The molecule has 0 amide bonds. The Kier molecular flexibility index (Phi) is 3.80. The SMILES string of the molecule is CN(Cc1ncc[nH]1)S(=O)(=O)N1CCCCC1. The van der Waals surface area contributed by atoms with Crippen LogP contribution in [0.5, 0.6) is 0 Å². The highest BCUT2D eigenvalue weighted by atomic mass is 32.2. The summed E-state index contributed by atoms with van der Waals surface area (Å²) in [5.41, 5.74) is 0. The van der Waals surface area contributed by atoms with Gasteiger partial charge in [-0.3, -0.25) is 0 Å². The van der Waals surface area contributed by atoms with E-state index in [0.717, 1.165) is 19.3 Å². The van der Waals surface area contributed by atoms with E-state index < -0.39 is 10.2 Å². The highest BCUT2D eigenvalue weighted by Crippen LogP contribution is 2.16. The van der Waals surface area contributed by atoms with Crippen molar-refractivity contribution < 1.29 is 8.42 Å². The lowest BCUT2D eigenvalue weighted by Crippen LogP contribution is -2.44. The van der Waals surface area contributed by atoms with Gasteiger partial charge in [0.25, 0.3) is 10.2 Å². The fourth-order valence-corrected chi connectivity index (χ4v) is 3.37. The minimum atomic E-state index is -3.33. The second kappa shape index (κ2) is 5.16. The molecule has 0 atom stereocenters. The molecule has 0 saturated carbocycles. The fourth-order valence-electron chi connectivity index (χ4n) is 1.97. The number of aromatic amines is 1. The quantitative estimate of drug-likeness (QED) is 0.858. The maximum absolute atomic E-state index is 12.2. The minimum absolute atomic E-state index is 0.284. The molecule has 17 heavy (non-hydrogen) atoms. The number of nitrogens with one attached hydrogen (secondary N) is 1. The second-order valence-electron chi connectivity index (χ2n) is 4.26. The van der Waals surface area contributed by atoms with E-state index in [9.17, 15) is 8.42 Å². The number of piperidine rings is 1. The topological polar surface area (TPSA) is 69.3 Å². The first-order valence-electron chi connectivity index (χ1n) is 5.80. The van der Waals surface area contributed by atoms with Gasteiger partial charge in [-0.2, -0.15) is 17.0 Å². The van der Waals surface area contributed by atoms with E-state index in [2.05, 4.69) is 9.97 Å². The van der Waals surface area contributed by atoms with E-state index in [-0.39, 0.29) is 6.54 Å². The summed E-state index contributed by atoms with van der Waals surface area (Å²) >= 11 is 0. The van der Waals surface area contributed by atoms with Crippen LogP contribution in [0.2, 0.25) is 0 Å². The molecule has 1 fully saturated rings. The van der Waals surface area contributed by atoms with Crippen LogP contribution in [0, 0.1) is 0 Å². The van der Waals surface area contributed by atoms with Gasteiger partial charge in [-0.25, -0.2) is 4.98 Å². The van der Waals surface area contributed by atoms with E-state index in [0.29, 0.717) is 18.9 Å². The van der Waals surface area contributed by atoms with Gasteiger partial charge in [0.15, 0.2) is 0 Å². The number of H-pyrrole nitrogens is 1. The Morgan fingerprint density at radius 3 is 2.71 bits per heavy atom. The molecule has 0 spiro atoms. The van der Waals surface area contributed by atoms with Gasteiger partial charge in [-0.1, -0.05) is 6.42 Å². The summed E-state index contributed by atoms with van der Waals surface area (Å²) in [5, 5.41) is 0. The van der Waals surface area contributed by atoms with Crippen molar-refractivity contribution in [2.75, 3.05) is 20.1 Å². The van der Waals surface area contributed by atoms with Crippen molar-refractivity contribution in [3.8, 4) is 0 Å². The van der Waals surface area contributed by atoms with Gasteiger partial charge < -0.3 is 4.98 Å². The lowest BCUT2D eigenvalue weighted by molar-refractivity contribution is 0.312. The second-order valence-corrected chi connectivity index (χ2v) is 6.29. The molecular formula is C10H18N4O2S. The molecule has 0 radical (unpaired) electrons. The molecular weight excluding hydrogens is 240 g/mol. The average Bonchev–Trinajstić information content (AvgIpc) is 2.83. The van der Waals surface area contributed by atoms with Gasteiger partial charge in [0.2, 0.25) is 0 Å². The van der Waals surface area contributed by atoms with E-state index in [1.54, 1.807) is 23.7 Å². The molecule has 2 heterocycles. The summed E-state index contributed by atoms with van der Waals surface area (Å²) < 4.78 is 27.3. The van der Waals surface area contributed by atoms with Crippen LogP contribution in [0.15, 0.2) is 12.4 Å². The Balaban J connectivity index is 2.03. The molecule has 1 aliphatic heterocycles. The van der Waals surface area contributed by atoms with Crippen LogP contribution in [0.3, 0.4) is 0 Å². The molecule has 1 aromatic rings. The van der Waals surface area contributed by atoms with Crippen molar-refractivity contribution in [3.63, 3.8) is 0 Å². The molecule has 6 nitrogen and oxygen atoms in total. The molecule has 96 valence electrons. The zero-order chi connectivity index (χ0) is 12.3. The number of hydrogen-bond donors (Lipinski definition) is 1. The van der Waals surface area contributed by atoms with Gasteiger partial charge in [0, 0.05) is 32.5 Å². The molecule has 0 unspecified atom stereocenters. The van der Waals surface area contributed by atoms with Gasteiger partial charge in [0.05, 0.1) is 6.54 Å². The molecule has 1 aliphatic rings. The summed E-state index contributed by atoms with van der Waals surface area (Å²) in [6.45, 7) is 1.54. The van der Waals surface area contributed by atoms with E-state index in [1.807, 2.05) is 0 Å². The van der Waals surface area contributed by atoms with Crippen molar-refractivity contribution in [2.24, 2.45) is 0 Å². The standard InChI is InChI=1S/C10H18N4O2S/c1-13(9-10-11-5-6-12-10)17(15,16)14-7-3-2-4-8-14/h5-6H,2-4,7-9H2,1H3,(H,11,12). The highest BCUT2D eigenvalue weighted by molar-refractivity contribution is 7.86. The summed E-state index contributed by atoms with van der Waals surface area (Å²) in [6.07, 6.45) is 6.34. The lowest BCUT2D eigenvalue weighted by atomic mass is 10.2. The van der Waals surface area contributed by atoms with Crippen molar-refractivity contribution >= 4 is 10.2 Å². The predicted octanol–water partition coefficient (Wildman–Crippen LogP) is 0.572. The number of rotatable bonds is 4. The van der Waals surface area contributed by atoms with Crippen LogP contribution < -0.4 is 0 Å². The van der Waals surface area contributed by atoms with Gasteiger partial charge in [0.1, 0.15) is 5.82 Å². The van der Waals surface area contributed by atoms with Crippen molar-refractivity contribution in [1.29, 1.82) is 0 Å². The van der Waals surface area contributed by atoms with E-state index in [4.69, 9.17) is 0 Å². The van der Waals surface area contributed by atoms with Gasteiger partial charge in [-0.05, 0) is 12.8 Å². The smallest absolute Gasteiger partial charge is 0.282 e. The largest absolute Gasteiger partial charge is 0.347 e. The normalized spacial score (nSPS) is 18.7. The molecule has 0 bridgehead atoms. The number of hydrogen-bond acceptors (Lipinski definition) is 3. The van der Waals surface area contributed by atoms with Crippen molar-refractivity contribution in [2.45, 2.75) is 25.8 Å². The first-order chi connectivity index (χ1) is 8.10. The Bertz CT molecular complexity index is 437. The molecule has 1 aromatic heterocycles. The molecule has 2 rings (SSSR count). The summed E-state index contributed by atoms with van der Waals surface area (Å²) in [5.74, 6) is 0.660. The average molecular weight is 258 g/mol. The number of imidazole rings is 1. The van der Waals surface area contributed by atoms with E-state index in [1.165, 1.54) is 4.31 Å². The maximum atomic E-state index is 12.2. The van der Waals surface area contributed by atoms with Crippen LogP contribution >= 0.6 is 0 Å². The Morgan fingerprint density at radius 2 is 2.12 bits per heavy atom. The summed E-state index contributed by atoms with van der Waals surface area (Å²) in [4.78, 5) is 6.94. The van der Waals surface area contributed by atoms with Crippen LogP contribution in [0.25, 0.3) is 0 Å². The zero-order valence-electron chi connectivity index (χ0n) is 9.96. The van der Waals surface area contributed by atoms with Crippen molar-refractivity contribution in [3.05, 3.63) is 18.2 Å².